The van der Waals surface area contributed by atoms with Gasteiger partial charge in [0, 0.05) is 18.2 Å². The summed E-state index contributed by atoms with van der Waals surface area (Å²) in [4.78, 5) is 10.5. The fourth-order valence-corrected chi connectivity index (χ4v) is 2.74. The lowest BCUT2D eigenvalue weighted by atomic mass is 9.96. The number of nitrogens with one attached hydrogen (secondary N) is 1. The molecular formula is C15H22N2O3. The third kappa shape index (κ3) is 3.85. The van der Waals surface area contributed by atoms with Crippen molar-refractivity contribution in [2.75, 3.05) is 12.4 Å². The first kappa shape index (κ1) is 14.6. The number of nitro groups is 1. The Morgan fingerprint density at radius 1 is 1.20 bits per heavy atom. The number of anilines is 1. The molecule has 0 radical (unpaired) electrons. The Morgan fingerprint density at radius 2 is 1.85 bits per heavy atom. The highest BCUT2D eigenvalue weighted by atomic mass is 16.6. The van der Waals surface area contributed by atoms with Gasteiger partial charge in [-0.15, -0.1) is 0 Å². The van der Waals surface area contributed by atoms with Crippen molar-refractivity contribution in [3.8, 4) is 5.75 Å². The minimum atomic E-state index is -0.372. The third-order valence-electron chi connectivity index (χ3n) is 3.86. The van der Waals surface area contributed by atoms with Gasteiger partial charge < -0.3 is 10.1 Å². The van der Waals surface area contributed by atoms with Crippen LogP contribution in [0.15, 0.2) is 18.2 Å². The molecule has 5 heteroatoms. The van der Waals surface area contributed by atoms with E-state index in [-0.39, 0.29) is 10.6 Å². The van der Waals surface area contributed by atoms with Crippen molar-refractivity contribution in [2.24, 2.45) is 0 Å². The number of non-ortho nitro benzene ring substituents is 1. The van der Waals surface area contributed by atoms with E-state index in [0.29, 0.717) is 11.8 Å². The predicted octanol–water partition coefficient (Wildman–Crippen LogP) is 4.13. The number of rotatable bonds is 4. The van der Waals surface area contributed by atoms with E-state index in [1.54, 1.807) is 19.2 Å². The second-order valence-corrected chi connectivity index (χ2v) is 5.33. The minimum Gasteiger partial charge on any atom is -0.495 e. The molecule has 0 aromatic heterocycles. The summed E-state index contributed by atoms with van der Waals surface area (Å²) in [5.41, 5.74) is 0.825. The number of hydrogen-bond acceptors (Lipinski definition) is 4. The van der Waals surface area contributed by atoms with Crippen molar-refractivity contribution < 1.29 is 9.66 Å². The fourth-order valence-electron chi connectivity index (χ4n) is 2.74. The molecule has 0 atom stereocenters. The van der Waals surface area contributed by atoms with Crippen molar-refractivity contribution in [3.63, 3.8) is 0 Å². The van der Waals surface area contributed by atoms with Gasteiger partial charge in [0.1, 0.15) is 5.75 Å². The molecule has 1 saturated carbocycles. The van der Waals surface area contributed by atoms with E-state index in [2.05, 4.69) is 5.32 Å². The Labute approximate surface area is 119 Å². The maximum absolute atomic E-state index is 10.9. The van der Waals surface area contributed by atoms with Crippen molar-refractivity contribution in [1.82, 2.24) is 0 Å². The lowest BCUT2D eigenvalue weighted by Crippen LogP contribution is -2.21. The number of benzene rings is 1. The van der Waals surface area contributed by atoms with Crippen LogP contribution in [0.25, 0.3) is 0 Å². The monoisotopic (exact) mass is 278 g/mol. The zero-order valence-electron chi connectivity index (χ0n) is 11.9. The quantitative estimate of drug-likeness (QED) is 0.664. The molecule has 1 aliphatic carbocycles. The summed E-state index contributed by atoms with van der Waals surface area (Å²) in [6.07, 6.45) is 8.56. The number of ether oxygens (including phenoxy) is 1. The van der Waals surface area contributed by atoms with E-state index in [9.17, 15) is 10.1 Å². The fraction of sp³-hybridized carbons (Fsp3) is 0.600. The summed E-state index contributed by atoms with van der Waals surface area (Å²) in [6, 6.07) is 5.08. The van der Waals surface area contributed by atoms with Gasteiger partial charge in [0.15, 0.2) is 0 Å². The van der Waals surface area contributed by atoms with E-state index >= 15 is 0 Å². The molecule has 0 bridgehead atoms. The first-order valence-corrected chi connectivity index (χ1v) is 7.29. The second-order valence-electron chi connectivity index (χ2n) is 5.33. The van der Waals surface area contributed by atoms with E-state index in [4.69, 9.17) is 4.74 Å². The van der Waals surface area contributed by atoms with Crippen molar-refractivity contribution in [3.05, 3.63) is 28.3 Å². The van der Waals surface area contributed by atoms with Gasteiger partial charge in [-0.25, -0.2) is 0 Å². The number of nitrogens with zero attached hydrogens (tertiary/aromatic N) is 1. The maximum Gasteiger partial charge on any atom is 0.271 e. The molecule has 1 aliphatic rings. The lowest BCUT2D eigenvalue weighted by molar-refractivity contribution is -0.384. The molecule has 1 N–H and O–H groups in total. The number of methoxy groups -OCH3 is 1. The molecule has 0 unspecified atom stereocenters. The number of nitro benzene ring substituents is 1. The average Bonchev–Trinajstić information content (AvgIpc) is 2.41. The largest absolute Gasteiger partial charge is 0.495 e. The van der Waals surface area contributed by atoms with Crippen LogP contribution in [0.2, 0.25) is 0 Å². The number of hydrogen-bond donors (Lipinski definition) is 1. The predicted molar refractivity (Wildman–Crippen MR) is 79.4 cm³/mol. The van der Waals surface area contributed by atoms with Gasteiger partial charge >= 0.3 is 0 Å². The van der Waals surface area contributed by atoms with Crippen LogP contribution in [0, 0.1) is 10.1 Å². The molecule has 5 nitrogen and oxygen atoms in total. The molecule has 2 rings (SSSR count). The molecule has 0 spiro atoms. The summed E-state index contributed by atoms with van der Waals surface area (Å²) in [6.45, 7) is 0. The highest BCUT2D eigenvalue weighted by Crippen LogP contribution is 2.31. The first-order chi connectivity index (χ1) is 9.70. The highest BCUT2D eigenvalue weighted by Gasteiger charge is 2.16. The van der Waals surface area contributed by atoms with Crippen molar-refractivity contribution >= 4 is 11.4 Å². The summed E-state index contributed by atoms with van der Waals surface area (Å²) in [5.74, 6) is 0.664. The van der Waals surface area contributed by atoms with Crippen LogP contribution in [0.4, 0.5) is 11.4 Å². The average molecular weight is 278 g/mol. The second kappa shape index (κ2) is 7.12. The summed E-state index contributed by atoms with van der Waals surface area (Å²) < 4.78 is 5.29. The zero-order valence-corrected chi connectivity index (χ0v) is 11.9. The van der Waals surface area contributed by atoms with Gasteiger partial charge in [-0.05, 0) is 18.9 Å². The zero-order chi connectivity index (χ0) is 14.4. The topological polar surface area (TPSA) is 64.4 Å². The van der Waals surface area contributed by atoms with Crippen LogP contribution < -0.4 is 10.1 Å². The molecular weight excluding hydrogens is 256 g/mol. The van der Waals surface area contributed by atoms with E-state index in [1.165, 1.54) is 38.2 Å². The minimum absolute atomic E-state index is 0.0964. The smallest absolute Gasteiger partial charge is 0.271 e. The SMILES string of the molecule is COc1ccc([N+](=O)[O-])cc1NC1CCCCCCC1. The highest BCUT2D eigenvalue weighted by molar-refractivity contribution is 5.62. The molecule has 20 heavy (non-hydrogen) atoms. The van der Waals surface area contributed by atoms with E-state index in [0.717, 1.165) is 18.5 Å². The molecule has 1 aromatic rings. The van der Waals surface area contributed by atoms with Gasteiger partial charge in [-0.2, -0.15) is 0 Å². The van der Waals surface area contributed by atoms with Crippen LogP contribution in [0.3, 0.4) is 0 Å². The van der Waals surface area contributed by atoms with Gasteiger partial charge in [0.05, 0.1) is 17.7 Å². The molecule has 0 heterocycles. The summed E-state index contributed by atoms with van der Waals surface area (Å²) >= 11 is 0. The maximum atomic E-state index is 10.9. The molecule has 0 aliphatic heterocycles. The summed E-state index contributed by atoms with van der Waals surface area (Å²) in [5, 5.41) is 14.3. The molecule has 1 aromatic carbocycles. The third-order valence-corrected chi connectivity index (χ3v) is 3.86. The van der Waals surface area contributed by atoms with Crippen LogP contribution in [-0.2, 0) is 0 Å². The van der Waals surface area contributed by atoms with Crippen LogP contribution in [0.1, 0.15) is 44.9 Å². The van der Waals surface area contributed by atoms with Crippen LogP contribution in [0.5, 0.6) is 5.75 Å². The Morgan fingerprint density at radius 3 is 2.45 bits per heavy atom. The normalized spacial score (nSPS) is 17.1. The van der Waals surface area contributed by atoms with E-state index in [1.807, 2.05) is 0 Å². The van der Waals surface area contributed by atoms with Crippen LogP contribution >= 0.6 is 0 Å². The summed E-state index contributed by atoms with van der Waals surface area (Å²) in [7, 11) is 1.59. The molecule has 1 fully saturated rings. The van der Waals surface area contributed by atoms with Crippen molar-refractivity contribution in [1.29, 1.82) is 0 Å². The van der Waals surface area contributed by atoms with Gasteiger partial charge in [0.2, 0.25) is 0 Å². The Balaban J connectivity index is 2.12. The Kier molecular flexibility index (Phi) is 5.21. The first-order valence-electron chi connectivity index (χ1n) is 7.29. The lowest BCUT2D eigenvalue weighted by Gasteiger charge is -2.23. The Hall–Kier alpha value is -1.78. The van der Waals surface area contributed by atoms with Gasteiger partial charge in [-0.3, -0.25) is 10.1 Å². The van der Waals surface area contributed by atoms with Crippen LogP contribution in [-0.4, -0.2) is 18.1 Å². The van der Waals surface area contributed by atoms with Gasteiger partial charge in [0.25, 0.3) is 5.69 Å². The Bertz CT molecular complexity index is 454. The molecule has 0 amide bonds. The van der Waals surface area contributed by atoms with Crippen molar-refractivity contribution in [2.45, 2.75) is 51.0 Å². The standard InChI is InChI=1S/C15H22N2O3/c1-20-15-10-9-13(17(18)19)11-14(15)16-12-7-5-3-2-4-6-8-12/h9-12,16H,2-8H2,1H3. The molecule has 110 valence electrons. The molecule has 0 saturated heterocycles. The van der Waals surface area contributed by atoms with E-state index < -0.39 is 0 Å². The van der Waals surface area contributed by atoms with Gasteiger partial charge in [-0.1, -0.05) is 32.1 Å².